The molecular formula is C23H26N4O2S. The first-order chi connectivity index (χ1) is 14.7. The Morgan fingerprint density at radius 3 is 2.87 bits per heavy atom. The molecule has 0 spiro atoms. The van der Waals surface area contributed by atoms with Gasteiger partial charge in [-0.1, -0.05) is 29.8 Å². The third-order valence-corrected chi connectivity index (χ3v) is 7.22. The van der Waals surface area contributed by atoms with Crippen LogP contribution in [0.2, 0.25) is 0 Å². The predicted molar refractivity (Wildman–Crippen MR) is 117 cm³/mol. The molecule has 3 aliphatic rings. The van der Waals surface area contributed by atoms with Crippen molar-refractivity contribution in [2.75, 3.05) is 25.0 Å². The SMILES string of the molecule is CCOC(=O)C=C1[C@@H]2CCC[C@H]1CN(Cc1ccc3c(c1)Nc1nccnc1S3)C2. The number of rotatable bonds is 4. The second kappa shape index (κ2) is 8.40. The summed E-state index contributed by atoms with van der Waals surface area (Å²) in [6.07, 6.45) is 8.81. The zero-order chi connectivity index (χ0) is 20.5. The maximum absolute atomic E-state index is 12.0. The van der Waals surface area contributed by atoms with Gasteiger partial charge in [-0.05, 0) is 49.3 Å². The standard InChI is InChI=1S/C23H26N4O2S/c1-2-29-21(28)11-18-16-4-3-5-17(18)14-27(13-16)12-15-6-7-20-19(10-15)26-22-23(30-20)25-9-8-24-22/h6-11,16-17H,2-5,12-14H2,1H3,(H,24,26)/t16-,17+. The summed E-state index contributed by atoms with van der Waals surface area (Å²) in [6, 6.07) is 6.63. The molecule has 1 aliphatic carbocycles. The number of hydrogen-bond donors (Lipinski definition) is 1. The van der Waals surface area contributed by atoms with Crippen LogP contribution in [-0.2, 0) is 16.1 Å². The molecule has 2 bridgehead atoms. The second-order valence-electron chi connectivity index (χ2n) is 8.18. The molecule has 1 saturated heterocycles. The molecule has 2 aliphatic heterocycles. The number of anilines is 2. The predicted octanol–water partition coefficient (Wildman–Crippen LogP) is 4.41. The maximum atomic E-state index is 12.0. The molecule has 1 aromatic carbocycles. The third kappa shape index (κ3) is 3.96. The fourth-order valence-corrected chi connectivity index (χ4v) is 5.77. The summed E-state index contributed by atoms with van der Waals surface area (Å²) in [4.78, 5) is 24.5. The highest BCUT2D eigenvalue weighted by atomic mass is 32.2. The van der Waals surface area contributed by atoms with Crippen molar-refractivity contribution in [3.8, 4) is 0 Å². The monoisotopic (exact) mass is 422 g/mol. The van der Waals surface area contributed by atoms with E-state index in [4.69, 9.17) is 4.74 Å². The number of fused-ring (bicyclic) bond motifs is 4. The molecule has 5 rings (SSSR count). The topological polar surface area (TPSA) is 67.3 Å². The van der Waals surface area contributed by atoms with Crippen molar-refractivity contribution in [2.24, 2.45) is 11.8 Å². The van der Waals surface area contributed by atoms with E-state index in [9.17, 15) is 4.79 Å². The summed E-state index contributed by atoms with van der Waals surface area (Å²) in [6.45, 7) is 5.24. The van der Waals surface area contributed by atoms with Crippen LogP contribution in [-0.4, -0.2) is 40.5 Å². The number of esters is 1. The summed E-state index contributed by atoms with van der Waals surface area (Å²) < 4.78 is 5.16. The molecule has 0 radical (unpaired) electrons. The molecule has 2 atom stereocenters. The Morgan fingerprint density at radius 2 is 2.07 bits per heavy atom. The summed E-state index contributed by atoms with van der Waals surface area (Å²) >= 11 is 1.66. The van der Waals surface area contributed by atoms with E-state index in [-0.39, 0.29) is 5.97 Å². The Kier molecular flexibility index (Phi) is 5.48. The van der Waals surface area contributed by atoms with Crippen LogP contribution in [0.25, 0.3) is 0 Å². The van der Waals surface area contributed by atoms with Crippen LogP contribution in [0.15, 0.2) is 52.2 Å². The largest absolute Gasteiger partial charge is 0.463 e. The molecule has 1 N–H and O–H groups in total. The highest BCUT2D eigenvalue weighted by Crippen LogP contribution is 2.43. The molecule has 2 aromatic rings. The minimum absolute atomic E-state index is 0.181. The quantitative estimate of drug-likeness (QED) is 0.493. The summed E-state index contributed by atoms with van der Waals surface area (Å²) in [5, 5.41) is 4.34. The van der Waals surface area contributed by atoms with Gasteiger partial charge in [-0.3, -0.25) is 4.90 Å². The molecule has 6 nitrogen and oxygen atoms in total. The molecule has 0 amide bonds. The average Bonchev–Trinajstić information content (AvgIpc) is 2.73. The lowest BCUT2D eigenvalue weighted by atomic mass is 9.73. The fraction of sp³-hybridized carbons (Fsp3) is 0.435. The highest BCUT2D eigenvalue weighted by molar-refractivity contribution is 7.99. The summed E-state index contributed by atoms with van der Waals surface area (Å²) in [5.41, 5.74) is 3.71. The van der Waals surface area contributed by atoms with E-state index in [0.29, 0.717) is 18.4 Å². The third-order valence-electron chi connectivity index (χ3n) is 6.15. The molecule has 156 valence electrons. The smallest absolute Gasteiger partial charge is 0.330 e. The molecule has 30 heavy (non-hydrogen) atoms. The molecule has 2 fully saturated rings. The lowest BCUT2D eigenvalue weighted by Gasteiger charge is -2.43. The van der Waals surface area contributed by atoms with E-state index in [1.165, 1.54) is 22.5 Å². The Balaban J connectivity index is 1.29. The van der Waals surface area contributed by atoms with Crippen molar-refractivity contribution in [1.29, 1.82) is 0 Å². The lowest BCUT2D eigenvalue weighted by molar-refractivity contribution is -0.137. The van der Waals surface area contributed by atoms with E-state index in [1.807, 2.05) is 6.92 Å². The Hall–Kier alpha value is -2.38. The highest BCUT2D eigenvalue weighted by Gasteiger charge is 2.35. The van der Waals surface area contributed by atoms with E-state index >= 15 is 0 Å². The van der Waals surface area contributed by atoms with Gasteiger partial charge in [0.05, 0.1) is 12.3 Å². The number of carbonyl (C=O) groups is 1. The zero-order valence-corrected chi connectivity index (χ0v) is 18.0. The van der Waals surface area contributed by atoms with Crippen molar-refractivity contribution >= 4 is 29.2 Å². The number of piperidine rings is 1. The van der Waals surface area contributed by atoms with Gasteiger partial charge in [0.2, 0.25) is 0 Å². The Labute approximate surface area is 181 Å². The van der Waals surface area contributed by atoms with E-state index in [0.717, 1.165) is 49.0 Å². The molecule has 3 heterocycles. The van der Waals surface area contributed by atoms with Gasteiger partial charge in [-0.15, -0.1) is 0 Å². The molecular weight excluding hydrogens is 396 g/mol. The van der Waals surface area contributed by atoms with Crippen LogP contribution in [0.4, 0.5) is 11.5 Å². The first-order valence-electron chi connectivity index (χ1n) is 10.7. The van der Waals surface area contributed by atoms with Crippen LogP contribution < -0.4 is 5.32 Å². The number of carbonyl (C=O) groups excluding carboxylic acids is 1. The van der Waals surface area contributed by atoms with Crippen molar-refractivity contribution in [2.45, 2.75) is 42.7 Å². The molecule has 7 heteroatoms. The number of ether oxygens (including phenoxy) is 1. The van der Waals surface area contributed by atoms with Gasteiger partial charge in [0.1, 0.15) is 5.03 Å². The first kappa shape index (κ1) is 19.6. The number of hydrogen-bond acceptors (Lipinski definition) is 7. The lowest BCUT2D eigenvalue weighted by Crippen LogP contribution is -2.44. The van der Waals surface area contributed by atoms with Gasteiger partial charge >= 0.3 is 5.97 Å². The van der Waals surface area contributed by atoms with E-state index < -0.39 is 0 Å². The van der Waals surface area contributed by atoms with Gasteiger partial charge < -0.3 is 10.1 Å². The first-order valence-corrected chi connectivity index (χ1v) is 11.5. The van der Waals surface area contributed by atoms with Crippen LogP contribution in [0.3, 0.4) is 0 Å². The molecule has 1 saturated carbocycles. The number of likely N-dealkylation sites (tertiary alicyclic amines) is 1. The number of nitrogens with zero attached hydrogens (tertiary/aromatic N) is 3. The normalized spacial score (nSPS) is 24.0. The number of nitrogens with one attached hydrogen (secondary N) is 1. The van der Waals surface area contributed by atoms with Gasteiger partial charge in [0.15, 0.2) is 5.82 Å². The van der Waals surface area contributed by atoms with Gasteiger partial charge in [0, 0.05) is 43.0 Å². The van der Waals surface area contributed by atoms with Crippen LogP contribution >= 0.6 is 11.8 Å². The molecule has 0 unspecified atom stereocenters. The van der Waals surface area contributed by atoms with Crippen LogP contribution in [0, 0.1) is 11.8 Å². The van der Waals surface area contributed by atoms with Crippen LogP contribution in [0.1, 0.15) is 31.7 Å². The zero-order valence-electron chi connectivity index (χ0n) is 17.1. The maximum Gasteiger partial charge on any atom is 0.330 e. The second-order valence-corrected chi connectivity index (χ2v) is 9.21. The summed E-state index contributed by atoms with van der Waals surface area (Å²) in [5.74, 6) is 1.58. The fourth-order valence-electron chi connectivity index (χ4n) is 4.89. The summed E-state index contributed by atoms with van der Waals surface area (Å²) in [7, 11) is 0. The van der Waals surface area contributed by atoms with E-state index in [1.54, 1.807) is 30.2 Å². The van der Waals surface area contributed by atoms with E-state index in [2.05, 4.69) is 38.4 Å². The molecule has 1 aromatic heterocycles. The average molecular weight is 423 g/mol. The Morgan fingerprint density at radius 1 is 1.27 bits per heavy atom. The Bertz CT molecular complexity index is 977. The van der Waals surface area contributed by atoms with Gasteiger partial charge in [-0.25, -0.2) is 14.8 Å². The minimum Gasteiger partial charge on any atom is -0.463 e. The van der Waals surface area contributed by atoms with Crippen LogP contribution in [0.5, 0.6) is 0 Å². The van der Waals surface area contributed by atoms with Crippen molar-refractivity contribution in [3.63, 3.8) is 0 Å². The van der Waals surface area contributed by atoms with Crippen molar-refractivity contribution < 1.29 is 9.53 Å². The van der Waals surface area contributed by atoms with Crippen molar-refractivity contribution in [1.82, 2.24) is 14.9 Å². The number of aromatic nitrogens is 2. The van der Waals surface area contributed by atoms with Crippen molar-refractivity contribution in [3.05, 3.63) is 47.8 Å². The van der Waals surface area contributed by atoms with Gasteiger partial charge in [0.25, 0.3) is 0 Å². The number of benzene rings is 1. The van der Waals surface area contributed by atoms with Gasteiger partial charge in [-0.2, -0.15) is 0 Å². The minimum atomic E-state index is -0.181.